The number of H-pyrrole nitrogens is 1. The van der Waals surface area contributed by atoms with Crippen molar-refractivity contribution in [3.05, 3.63) is 82.0 Å². The highest BCUT2D eigenvalue weighted by molar-refractivity contribution is 5.91. The fraction of sp³-hybridized carbons (Fsp3) is 0.375. The van der Waals surface area contributed by atoms with Gasteiger partial charge in [0.05, 0.1) is 11.1 Å². The molecular formula is C24H26N4O2. The number of aromatic nitrogens is 3. The Labute approximate surface area is 175 Å². The lowest BCUT2D eigenvalue weighted by atomic mass is 9.91. The number of carbonyl (C=O) groups excluding carboxylic acids is 1. The van der Waals surface area contributed by atoms with Crippen LogP contribution in [0.25, 0.3) is 5.69 Å². The molecule has 2 heterocycles. The van der Waals surface area contributed by atoms with Crippen LogP contribution in [0.5, 0.6) is 0 Å². The van der Waals surface area contributed by atoms with E-state index in [1.54, 1.807) is 4.57 Å². The van der Waals surface area contributed by atoms with E-state index in [9.17, 15) is 9.59 Å². The third-order valence-electron chi connectivity index (χ3n) is 6.62. The van der Waals surface area contributed by atoms with Crippen molar-refractivity contribution in [3.8, 4) is 5.69 Å². The minimum Gasteiger partial charge on any atom is -0.342 e. The quantitative estimate of drug-likeness (QED) is 0.728. The van der Waals surface area contributed by atoms with Crippen LogP contribution in [0.2, 0.25) is 0 Å². The number of carbonyl (C=O) groups is 1. The van der Waals surface area contributed by atoms with Gasteiger partial charge < -0.3 is 4.90 Å². The summed E-state index contributed by atoms with van der Waals surface area (Å²) in [5.41, 5.74) is 2.58. The van der Waals surface area contributed by atoms with Gasteiger partial charge in [-0.15, -0.1) is 0 Å². The zero-order chi connectivity index (χ0) is 20.7. The molecule has 1 aliphatic heterocycles. The van der Waals surface area contributed by atoms with E-state index in [2.05, 4.69) is 22.3 Å². The molecule has 1 N–H and O–H groups in total. The largest absolute Gasteiger partial charge is 0.347 e. The number of hydrogen-bond acceptors (Lipinski definition) is 3. The maximum absolute atomic E-state index is 13.3. The second-order valence-electron chi connectivity index (χ2n) is 8.57. The SMILES string of the molecule is Cc1ccc(-n2c(C3CCN(C(=O)C4(c5ccccc5)CC4)CC3)n[nH]c2=O)cc1. The first-order valence-corrected chi connectivity index (χ1v) is 10.7. The van der Waals surface area contributed by atoms with Crippen molar-refractivity contribution in [1.29, 1.82) is 0 Å². The smallest absolute Gasteiger partial charge is 0.342 e. The molecule has 2 fully saturated rings. The number of benzene rings is 2. The monoisotopic (exact) mass is 402 g/mol. The van der Waals surface area contributed by atoms with Crippen LogP contribution in [0, 0.1) is 6.92 Å². The highest BCUT2D eigenvalue weighted by Gasteiger charge is 2.53. The van der Waals surface area contributed by atoms with Gasteiger partial charge in [-0.2, -0.15) is 5.10 Å². The van der Waals surface area contributed by atoms with Gasteiger partial charge in [-0.25, -0.2) is 14.5 Å². The van der Waals surface area contributed by atoms with Gasteiger partial charge in [0.2, 0.25) is 5.91 Å². The zero-order valence-corrected chi connectivity index (χ0v) is 17.2. The maximum atomic E-state index is 13.3. The topological polar surface area (TPSA) is 71.0 Å². The van der Waals surface area contributed by atoms with Gasteiger partial charge in [0.15, 0.2) is 0 Å². The van der Waals surface area contributed by atoms with Crippen LogP contribution < -0.4 is 5.69 Å². The number of aromatic amines is 1. The van der Waals surface area contributed by atoms with Crippen molar-refractivity contribution < 1.29 is 4.79 Å². The number of hydrogen-bond donors (Lipinski definition) is 1. The molecule has 0 unspecified atom stereocenters. The molecule has 5 rings (SSSR count). The van der Waals surface area contributed by atoms with Crippen molar-refractivity contribution in [2.24, 2.45) is 0 Å². The van der Waals surface area contributed by atoms with E-state index in [0.717, 1.165) is 48.3 Å². The van der Waals surface area contributed by atoms with Gasteiger partial charge in [-0.05, 0) is 50.3 Å². The molecule has 0 atom stereocenters. The molecule has 2 aromatic carbocycles. The van der Waals surface area contributed by atoms with E-state index in [4.69, 9.17) is 0 Å². The summed E-state index contributed by atoms with van der Waals surface area (Å²) < 4.78 is 1.67. The molecule has 6 heteroatoms. The molecule has 6 nitrogen and oxygen atoms in total. The van der Waals surface area contributed by atoms with Gasteiger partial charge in [0.1, 0.15) is 5.82 Å². The lowest BCUT2D eigenvalue weighted by Gasteiger charge is -2.34. The van der Waals surface area contributed by atoms with E-state index in [-0.39, 0.29) is 22.9 Å². The maximum Gasteiger partial charge on any atom is 0.347 e. The van der Waals surface area contributed by atoms with Crippen molar-refractivity contribution in [3.63, 3.8) is 0 Å². The van der Waals surface area contributed by atoms with Crippen molar-refractivity contribution in [1.82, 2.24) is 19.7 Å². The summed E-state index contributed by atoms with van der Waals surface area (Å²) in [5, 5.41) is 6.95. The normalized spacial score (nSPS) is 18.4. The Balaban J connectivity index is 1.32. The fourth-order valence-electron chi connectivity index (χ4n) is 4.68. The first-order chi connectivity index (χ1) is 14.6. The van der Waals surface area contributed by atoms with Gasteiger partial charge >= 0.3 is 5.69 Å². The summed E-state index contributed by atoms with van der Waals surface area (Å²) in [4.78, 5) is 27.7. The highest BCUT2D eigenvalue weighted by Crippen LogP contribution is 2.50. The second-order valence-corrected chi connectivity index (χ2v) is 8.57. The molecule has 1 aromatic heterocycles. The number of nitrogens with one attached hydrogen (secondary N) is 1. The summed E-state index contributed by atoms with van der Waals surface area (Å²) >= 11 is 0. The van der Waals surface area contributed by atoms with Crippen LogP contribution in [0.1, 0.15) is 48.6 Å². The molecule has 2 aliphatic rings. The predicted molar refractivity (Wildman–Crippen MR) is 115 cm³/mol. The fourth-order valence-corrected chi connectivity index (χ4v) is 4.68. The number of piperidine rings is 1. The van der Waals surface area contributed by atoms with Crippen LogP contribution >= 0.6 is 0 Å². The first-order valence-electron chi connectivity index (χ1n) is 10.7. The number of nitrogens with zero attached hydrogens (tertiary/aromatic N) is 3. The third-order valence-corrected chi connectivity index (χ3v) is 6.62. The van der Waals surface area contributed by atoms with E-state index < -0.39 is 0 Å². The Morgan fingerprint density at radius 2 is 1.70 bits per heavy atom. The summed E-state index contributed by atoms with van der Waals surface area (Å²) in [6.45, 7) is 3.43. The Morgan fingerprint density at radius 3 is 2.33 bits per heavy atom. The predicted octanol–water partition coefficient (Wildman–Crippen LogP) is 3.31. The van der Waals surface area contributed by atoms with Gasteiger partial charge in [-0.1, -0.05) is 48.0 Å². The zero-order valence-electron chi connectivity index (χ0n) is 17.2. The third kappa shape index (κ3) is 3.16. The molecule has 3 aromatic rings. The van der Waals surface area contributed by atoms with E-state index in [1.165, 1.54) is 0 Å². The minimum atomic E-state index is -0.315. The Morgan fingerprint density at radius 1 is 1.03 bits per heavy atom. The molecule has 30 heavy (non-hydrogen) atoms. The molecule has 1 saturated carbocycles. The molecular weight excluding hydrogens is 376 g/mol. The van der Waals surface area contributed by atoms with Crippen molar-refractivity contribution >= 4 is 5.91 Å². The van der Waals surface area contributed by atoms with Gasteiger partial charge in [-0.3, -0.25) is 4.79 Å². The van der Waals surface area contributed by atoms with Crippen LogP contribution in [-0.4, -0.2) is 38.7 Å². The molecule has 0 bridgehead atoms. The van der Waals surface area contributed by atoms with E-state index in [0.29, 0.717) is 13.1 Å². The summed E-state index contributed by atoms with van der Waals surface area (Å²) in [6, 6.07) is 18.1. The molecule has 1 aliphatic carbocycles. The lowest BCUT2D eigenvalue weighted by Crippen LogP contribution is -2.44. The van der Waals surface area contributed by atoms with E-state index >= 15 is 0 Å². The summed E-state index contributed by atoms with van der Waals surface area (Å²) in [6.07, 6.45) is 3.49. The second kappa shape index (κ2) is 7.27. The Hall–Kier alpha value is -3.15. The number of aryl methyl sites for hydroxylation is 1. The Bertz CT molecular complexity index is 1100. The van der Waals surface area contributed by atoms with Crippen molar-refractivity contribution in [2.45, 2.75) is 43.9 Å². The van der Waals surface area contributed by atoms with Crippen LogP contribution in [0.15, 0.2) is 59.4 Å². The molecule has 1 amide bonds. The molecule has 0 radical (unpaired) electrons. The number of likely N-dealkylation sites (tertiary alicyclic amines) is 1. The highest BCUT2D eigenvalue weighted by atomic mass is 16.2. The van der Waals surface area contributed by atoms with Gasteiger partial charge in [0, 0.05) is 19.0 Å². The average molecular weight is 402 g/mol. The van der Waals surface area contributed by atoms with Crippen molar-refractivity contribution in [2.75, 3.05) is 13.1 Å². The average Bonchev–Trinajstić information content (AvgIpc) is 3.51. The van der Waals surface area contributed by atoms with Crippen LogP contribution in [0.4, 0.5) is 0 Å². The Kier molecular flexibility index (Phi) is 4.57. The molecule has 154 valence electrons. The van der Waals surface area contributed by atoms with Crippen LogP contribution in [-0.2, 0) is 10.2 Å². The summed E-state index contributed by atoms with van der Waals surface area (Å²) in [5.74, 6) is 1.17. The lowest BCUT2D eigenvalue weighted by molar-refractivity contribution is -0.135. The number of rotatable bonds is 4. The first kappa shape index (κ1) is 18.9. The number of amides is 1. The van der Waals surface area contributed by atoms with Gasteiger partial charge in [0.25, 0.3) is 0 Å². The van der Waals surface area contributed by atoms with E-state index in [1.807, 2.05) is 54.3 Å². The summed E-state index contributed by atoms with van der Waals surface area (Å²) in [7, 11) is 0. The molecule has 1 saturated heterocycles. The minimum absolute atomic E-state index is 0.154. The van der Waals surface area contributed by atoms with Crippen LogP contribution in [0.3, 0.4) is 0 Å². The standard InChI is InChI=1S/C24H26N4O2/c1-17-7-9-20(10-8-17)28-21(25-26-23(28)30)18-11-15-27(16-12-18)22(29)24(13-14-24)19-5-3-2-4-6-19/h2-10,18H,11-16H2,1H3,(H,26,30). The molecule has 0 spiro atoms.